The van der Waals surface area contributed by atoms with Crippen molar-refractivity contribution in [1.29, 1.82) is 0 Å². The van der Waals surface area contributed by atoms with Crippen LogP contribution in [-0.2, 0) is 0 Å². The first-order valence-corrected chi connectivity index (χ1v) is 7.96. The Labute approximate surface area is 127 Å². The third-order valence-corrected chi connectivity index (χ3v) is 3.58. The molecule has 1 aromatic rings. The number of aromatic nitrogens is 1. The number of ether oxygens (including phenoxy) is 1. The maximum atomic E-state index is 5.90. The number of hydrogen-bond acceptors (Lipinski definition) is 4. The van der Waals surface area contributed by atoms with Crippen molar-refractivity contribution in [3.8, 4) is 5.88 Å². The van der Waals surface area contributed by atoms with Gasteiger partial charge in [0.15, 0.2) is 0 Å². The van der Waals surface area contributed by atoms with Crippen LogP contribution < -0.4 is 15.8 Å². The van der Waals surface area contributed by atoms with Crippen molar-refractivity contribution in [1.82, 2.24) is 4.98 Å². The fourth-order valence-corrected chi connectivity index (χ4v) is 2.39. The molecule has 0 unspecified atom stereocenters. The van der Waals surface area contributed by atoms with E-state index >= 15 is 0 Å². The Morgan fingerprint density at radius 1 is 1.33 bits per heavy atom. The smallest absolute Gasteiger partial charge is 0.239 e. The van der Waals surface area contributed by atoms with Crippen molar-refractivity contribution in [3.05, 3.63) is 23.8 Å². The van der Waals surface area contributed by atoms with Crippen molar-refractivity contribution in [2.24, 2.45) is 5.92 Å². The summed E-state index contributed by atoms with van der Waals surface area (Å²) in [5, 5.41) is 3.36. The van der Waals surface area contributed by atoms with Crippen LogP contribution in [0.2, 0.25) is 0 Å². The standard InChI is InChI=1S/C17H27N3O/c1-13(2)12-21-17-15(18)8-9-16(20-17)19-11-10-14-6-4-3-5-7-14/h6,8-9,13H,3-5,7,10-12,18H2,1-2H3,(H,19,20). The minimum Gasteiger partial charge on any atom is -0.476 e. The summed E-state index contributed by atoms with van der Waals surface area (Å²) < 4.78 is 5.65. The van der Waals surface area contributed by atoms with E-state index in [9.17, 15) is 0 Å². The molecule has 0 radical (unpaired) electrons. The lowest BCUT2D eigenvalue weighted by Crippen LogP contribution is -2.10. The van der Waals surface area contributed by atoms with Crippen LogP contribution in [0.3, 0.4) is 0 Å². The van der Waals surface area contributed by atoms with Gasteiger partial charge >= 0.3 is 0 Å². The van der Waals surface area contributed by atoms with Gasteiger partial charge in [-0.05, 0) is 50.2 Å². The maximum Gasteiger partial charge on any atom is 0.239 e. The Morgan fingerprint density at radius 3 is 2.90 bits per heavy atom. The zero-order valence-electron chi connectivity index (χ0n) is 13.2. The molecule has 0 aromatic carbocycles. The maximum absolute atomic E-state index is 5.90. The first-order valence-electron chi connectivity index (χ1n) is 7.96. The van der Waals surface area contributed by atoms with Crippen LogP contribution in [0, 0.1) is 5.92 Å². The van der Waals surface area contributed by atoms with Gasteiger partial charge in [0.05, 0.1) is 12.3 Å². The lowest BCUT2D eigenvalue weighted by molar-refractivity contribution is 0.263. The zero-order chi connectivity index (χ0) is 15.1. The van der Waals surface area contributed by atoms with Gasteiger partial charge in [-0.25, -0.2) is 0 Å². The number of hydrogen-bond donors (Lipinski definition) is 2. The Bertz CT molecular complexity index is 483. The molecule has 0 fully saturated rings. The molecule has 0 bridgehead atoms. The van der Waals surface area contributed by atoms with Crippen LogP contribution in [-0.4, -0.2) is 18.1 Å². The molecule has 0 spiro atoms. The topological polar surface area (TPSA) is 60.2 Å². The molecule has 21 heavy (non-hydrogen) atoms. The van der Waals surface area contributed by atoms with Crippen molar-refractivity contribution >= 4 is 11.5 Å². The largest absolute Gasteiger partial charge is 0.476 e. The molecule has 1 aliphatic rings. The number of nitrogens with one attached hydrogen (secondary N) is 1. The quantitative estimate of drug-likeness (QED) is 0.745. The van der Waals surface area contributed by atoms with E-state index in [-0.39, 0.29) is 0 Å². The Morgan fingerprint density at radius 2 is 2.19 bits per heavy atom. The molecule has 4 nitrogen and oxygen atoms in total. The van der Waals surface area contributed by atoms with Crippen LogP contribution in [0.25, 0.3) is 0 Å². The number of allylic oxidation sites excluding steroid dienone is 1. The van der Waals surface area contributed by atoms with Gasteiger partial charge in [-0.2, -0.15) is 4.98 Å². The average Bonchev–Trinajstić information content (AvgIpc) is 2.48. The van der Waals surface area contributed by atoms with Crippen LogP contribution in [0.5, 0.6) is 5.88 Å². The summed E-state index contributed by atoms with van der Waals surface area (Å²) in [6.45, 7) is 5.76. The highest BCUT2D eigenvalue weighted by molar-refractivity contribution is 5.53. The Balaban J connectivity index is 1.85. The molecule has 3 N–H and O–H groups in total. The van der Waals surface area contributed by atoms with Gasteiger partial charge in [-0.3, -0.25) is 0 Å². The van der Waals surface area contributed by atoms with Crippen molar-refractivity contribution in [2.45, 2.75) is 46.0 Å². The lowest BCUT2D eigenvalue weighted by atomic mass is 9.97. The number of pyridine rings is 1. The number of nitrogen functional groups attached to an aromatic ring is 1. The van der Waals surface area contributed by atoms with Gasteiger partial charge in [0.25, 0.3) is 0 Å². The fraction of sp³-hybridized carbons (Fsp3) is 0.588. The summed E-state index contributed by atoms with van der Waals surface area (Å²) in [6.07, 6.45) is 8.64. The Hall–Kier alpha value is -1.71. The number of nitrogens with zero attached hydrogens (tertiary/aromatic N) is 1. The van der Waals surface area contributed by atoms with E-state index in [1.165, 1.54) is 25.7 Å². The monoisotopic (exact) mass is 289 g/mol. The van der Waals surface area contributed by atoms with Crippen molar-refractivity contribution in [2.75, 3.05) is 24.2 Å². The van der Waals surface area contributed by atoms with E-state index in [0.29, 0.717) is 24.1 Å². The fourth-order valence-electron chi connectivity index (χ4n) is 2.39. The van der Waals surface area contributed by atoms with Crippen LogP contribution in [0.1, 0.15) is 46.0 Å². The molecule has 1 heterocycles. The van der Waals surface area contributed by atoms with Crippen molar-refractivity contribution in [3.63, 3.8) is 0 Å². The highest BCUT2D eigenvalue weighted by Crippen LogP contribution is 2.23. The summed E-state index contributed by atoms with van der Waals surface area (Å²) in [5.41, 5.74) is 8.06. The molecular formula is C17H27N3O. The first-order chi connectivity index (χ1) is 10.1. The normalized spacial score (nSPS) is 14.9. The SMILES string of the molecule is CC(C)COc1nc(NCCC2=CCCCC2)ccc1N. The lowest BCUT2D eigenvalue weighted by Gasteiger charge is -2.14. The van der Waals surface area contributed by atoms with Gasteiger partial charge in [0.2, 0.25) is 5.88 Å². The van der Waals surface area contributed by atoms with Crippen LogP contribution >= 0.6 is 0 Å². The summed E-state index contributed by atoms with van der Waals surface area (Å²) in [7, 11) is 0. The van der Waals surface area contributed by atoms with E-state index in [4.69, 9.17) is 10.5 Å². The van der Waals surface area contributed by atoms with Gasteiger partial charge in [0, 0.05) is 6.54 Å². The van der Waals surface area contributed by atoms with E-state index in [1.807, 2.05) is 12.1 Å². The summed E-state index contributed by atoms with van der Waals surface area (Å²) in [5.74, 6) is 1.83. The number of anilines is 2. The second-order valence-corrected chi connectivity index (χ2v) is 6.08. The molecule has 2 rings (SSSR count). The van der Waals surface area contributed by atoms with E-state index in [1.54, 1.807) is 5.57 Å². The van der Waals surface area contributed by atoms with E-state index in [0.717, 1.165) is 18.8 Å². The zero-order valence-corrected chi connectivity index (χ0v) is 13.2. The third kappa shape index (κ3) is 5.29. The molecule has 1 aliphatic carbocycles. The van der Waals surface area contributed by atoms with E-state index in [2.05, 4.69) is 30.2 Å². The number of rotatable bonds is 7. The molecule has 116 valence electrons. The molecule has 4 heteroatoms. The molecule has 0 amide bonds. The van der Waals surface area contributed by atoms with Gasteiger partial charge < -0.3 is 15.8 Å². The predicted octanol–water partition coefficient (Wildman–Crippen LogP) is 4.00. The molecule has 0 saturated carbocycles. The van der Waals surface area contributed by atoms with Gasteiger partial charge in [-0.1, -0.05) is 25.5 Å². The van der Waals surface area contributed by atoms with Crippen LogP contribution in [0.4, 0.5) is 11.5 Å². The second kappa shape index (κ2) is 7.91. The summed E-state index contributed by atoms with van der Waals surface area (Å²) in [6, 6.07) is 3.76. The van der Waals surface area contributed by atoms with Gasteiger partial charge in [0.1, 0.15) is 5.82 Å². The summed E-state index contributed by atoms with van der Waals surface area (Å²) in [4.78, 5) is 4.45. The molecular weight excluding hydrogens is 262 g/mol. The first kappa shape index (κ1) is 15.7. The molecule has 0 atom stereocenters. The van der Waals surface area contributed by atoms with Crippen LogP contribution in [0.15, 0.2) is 23.8 Å². The predicted molar refractivity (Wildman–Crippen MR) is 88.6 cm³/mol. The highest BCUT2D eigenvalue weighted by atomic mass is 16.5. The number of nitrogens with two attached hydrogens (primary N) is 1. The molecule has 0 aliphatic heterocycles. The van der Waals surface area contributed by atoms with Gasteiger partial charge in [-0.15, -0.1) is 0 Å². The minimum absolute atomic E-state index is 0.459. The second-order valence-electron chi connectivity index (χ2n) is 6.08. The third-order valence-electron chi connectivity index (χ3n) is 3.58. The average molecular weight is 289 g/mol. The minimum atomic E-state index is 0.459. The van der Waals surface area contributed by atoms with Crippen molar-refractivity contribution < 1.29 is 4.74 Å². The molecule has 1 aromatic heterocycles. The van der Waals surface area contributed by atoms with E-state index < -0.39 is 0 Å². The Kier molecular flexibility index (Phi) is 5.90. The highest BCUT2D eigenvalue weighted by Gasteiger charge is 2.07. The summed E-state index contributed by atoms with van der Waals surface area (Å²) >= 11 is 0. The molecule has 0 saturated heterocycles.